The molecule has 0 aliphatic rings. The molecule has 0 amide bonds. The molecule has 2 N–H and O–H groups in total. The lowest BCUT2D eigenvalue weighted by Gasteiger charge is -2.15. The summed E-state index contributed by atoms with van der Waals surface area (Å²) in [5.74, 6) is 1.31. The summed E-state index contributed by atoms with van der Waals surface area (Å²) in [7, 11) is 1.63. The zero-order valence-electron chi connectivity index (χ0n) is 10.5. The SMILES string of the molecule is COc1cccc(Sc2nnc(C)o2)c1[C@@H](C)N. The van der Waals surface area contributed by atoms with Gasteiger partial charge >= 0.3 is 0 Å². The third-order valence-electron chi connectivity index (χ3n) is 2.41. The molecule has 2 rings (SSSR count). The molecular formula is C12H15N3O2S. The molecule has 96 valence electrons. The zero-order chi connectivity index (χ0) is 13.1. The average Bonchev–Trinajstić information content (AvgIpc) is 2.74. The lowest BCUT2D eigenvalue weighted by molar-refractivity contribution is 0.404. The van der Waals surface area contributed by atoms with Crippen LogP contribution < -0.4 is 10.5 Å². The highest BCUT2D eigenvalue weighted by Crippen LogP contribution is 2.36. The van der Waals surface area contributed by atoms with Crippen LogP contribution in [0.4, 0.5) is 0 Å². The van der Waals surface area contributed by atoms with Crippen molar-refractivity contribution in [1.29, 1.82) is 0 Å². The molecule has 2 aromatic rings. The summed E-state index contributed by atoms with van der Waals surface area (Å²) in [6, 6.07) is 5.64. The van der Waals surface area contributed by atoms with Crippen LogP contribution in [0.25, 0.3) is 0 Å². The van der Waals surface area contributed by atoms with Crippen molar-refractivity contribution in [3.05, 3.63) is 29.7 Å². The Morgan fingerprint density at radius 2 is 2.17 bits per heavy atom. The van der Waals surface area contributed by atoms with Crippen LogP contribution in [0.15, 0.2) is 32.7 Å². The molecule has 6 heteroatoms. The fourth-order valence-electron chi connectivity index (χ4n) is 1.65. The predicted molar refractivity (Wildman–Crippen MR) is 68.8 cm³/mol. The Morgan fingerprint density at radius 1 is 1.39 bits per heavy atom. The monoisotopic (exact) mass is 265 g/mol. The third kappa shape index (κ3) is 2.65. The Kier molecular flexibility index (Phi) is 3.88. The van der Waals surface area contributed by atoms with E-state index in [1.165, 1.54) is 11.8 Å². The maximum atomic E-state index is 5.99. The van der Waals surface area contributed by atoms with Gasteiger partial charge in [0, 0.05) is 23.4 Å². The first-order chi connectivity index (χ1) is 8.61. The van der Waals surface area contributed by atoms with Gasteiger partial charge in [0.15, 0.2) is 0 Å². The quantitative estimate of drug-likeness (QED) is 0.915. The first kappa shape index (κ1) is 12.9. The molecule has 0 spiro atoms. The highest BCUT2D eigenvalue weighted by Gasteiger charge is 2.16. The number of aromatic nitrogens is 2. The van der Waals surface area contributed by atoms with Crippen molar-refractivity contribution < 1.29 is 9.15 Å². The third-order valence-corrected chi connectivity index (χ3v) is 3.32. The minimum atomic E-state index is -0.132. The molecule has 1 heterocycles. The zero-order valence-corrected chi connectivity index (χ0v) is 11.3. The Morgan fingerprint density at radius 3 is 2.72 bits per heavy atom. The van der Waals surface area contributed by atoms with Crippen molar-refractivity contribution >= 4 is 11.8 Å². The Labute approximate surface area is 110 Å². The van der Waals surface area contributed by atoms with E-state index in [4.69, 9.17) is 14.9 Å². The van der Waals surface area contributed by atoms with Crippen molar-refractivity contribution in [3.63, 3.8) is 0 Å². The van der Waals surface area contributed by atoms with Gasteiger partial charge in [0.2, 0.25) is 5.89 Å². The lowest BCUT2D eigenvalue weighted by atomic mass is 10.1. The standard InChI is InChI=1S/C12H15N3O2S/c1-7(13)11-9(16-3)5-4-6-10(11)18-12-15-14-8(2)17-12/h4-7H,13H2,1-3H3/t7-/m1/s1. The van der Waals surface area contributed by atoms with Crippen molar-refractivity contribution in [2.75, 3.05) is 7.11 Å². The van der Waals surface area contributed by atoms with E-state index in [0.717, 1.165) is 16.2 Å². The molecule has 0 saturated heterocycles. The van der Waals surface area contributed by atoms with E-state index >= 15 is 0 Å². The first-order valence-corrected chi connectivity index (χ1v) is 6.34. The van der Waals surface area contributed by atoms with Crippen molar-refractivity contribution in [3.8, 4) is 5.75 Å². The van der Waals surface area contributed by atoms with E-state index in [2.05, 4.69) is 10.2 Å². The Balaban J connectivity index is 2.37. The molecule has 5 nitrogen and oxygen atoms in total. The number of aryl methyl sites for hydroxylation is 1. The van der Waals surface area contributed by atoms with Gasteiger partial charge in [-0.05, 0) is 30.8 Å². The second kappa shape index (κ2) is 5.41. The normalized spacial score (nSPS) is 12.4. The maximum Gasteiger partial charge on any atom is 0.281 e. The number of nitrogens with two attached hydrogens (primary N) is 1. The van der Waals surface area contributed by atoms with Crippen LogP contribution in [-0.2, 0) is 0 Å². The molecule has 18 heavy (non-hydrogen) atoms. The summed E-state index contributed by atoms with van der Waals surface area (Å²) in [5, 5.41) is 8.26. The summed E-state index contributed by atoms with van der Waals surface area (Å²) in [4.78, 5) is 0.966. The van der Waals surface area contributed by atoms with Crippen LogP contribution >= 0.6 is 11.8 Å². The fraction of sp³-hybridized carbons (Fsp3) is 0.333. The minimum Gasteiger partial charge on any atom is -0.496 e. The number of ether oxygens (including phenoxy) is 1. The Hall–Kier alpha value is -1.53. The van der Waals surface area contributed by atoms with Gasteiger partial charge in [-0.2, -0.15) is 0 Å². The molecule has 0 unspecified atom stereocenters. The van der Waals surface area contributed by atoms with Crippen LogP contribution in [0.3, 0.4) is 0 Å². The van der Waals surface area contributed by atoms with Crippen LogP contribution in [0, 0.1) is 6.92 Å². The molecule has 0 fully saturated rings. The number of benzene rings is 1. The average molecular weight is 265 g/mol. The van der Waals surface area contributed by atoms with E-state index in [1.54, 1.807) is 14.0 Å². The van der Waals surface area contributed by atoms with E-state index < -0.39 is 0 Å². The Bertz CT molecular complexity index is 540. The molecule has 0 saturated carbocycles. The van der Waals surface area contributed by atoms with Crippen LogP contribution in [0.1, 0.15) is 24.4 Å². The second-order valence-corrected chi connectivity index (χ2v) is 4.84. The highest BCUT2D eigenvalue weighted by atomic mass is 32.2. The van der Waals surface area contributed by atoms with Gasteiger partial charge < -0.3 is 14.9 Å². The highest BCUT2D eigenvalue weighted by molar-refractivity contribution is 7.99. The van der Waals surface area contributed by atoms with Gasteiger partial charge in [-0.3, -0.25) is 0 Å². The predicted octanol–water partition coefficient (Wildman–Crippen LogP) is 2.56. The first-order valence-electron chi connectivity index (χ1n) is 5.52. The number of hydrogen-bond acceptors (Lipinski definition) is 6. The minimum absolute atomic E-state index is 0.132. The van der Waals surface area contributed by atoms with Crippen molar-refractivity contribution in [1.82, 2.24) is 10.2 Å². The van der Waals surface area contributed by atoms with Gasteiger partial charge in [-0.15, -0.1) is 10.2 Å². The van der Waals surface area contributed by atoms with E-state index in [9.17, 15) is 0 Å². The summed E-state index contributed by atoms with van der Waals surface area (Å²) in [5.41, 5.74) is 6.94. The number of rotatable bonds is 4. The van der Waals surface area contributed by atoms with E-state index in [1.807, 2.05) is 25.1 Å². The van der Waals surface area contributed by atoms with Crippen LogP contribution in [0.2, 0.25) is 0 Å². The van der Waals surface area contributed by atoms with E-state index in [0.29, 0.717) is 11.1 Å². The molecule has 1 aromatic carbocycles. The molecule has 0 bridgehead atoms. The van der Waals surface area contributed by atoms with Crippen LogP contribution in [0.5, 0.6) is 5.75 Å². The smallest absolute Gasteiger partial charge is 0.281 e. The van der Waals surface area contributed by atoms with Gasteiger partial charge in [-0.1, -0.05) is 6.07 Å². The molecule has 1 aromatic heterocycles. The largest absolute Gasteiger partial charge is 0.496 e. The van der Waals surface area contributed by atoms with Crippen molar-refractivity contribution in [2.24, 2.45) is 5.73 Å². The second-order valence-electron chi connectivity index (χ2n) is 3.85. The molecule has 0 radical (unpaired) electrons. The summed E-state index contributed by atoms with van der Waals surface area (Å²) in [6.07, 6.45) is 0. The molecule has 0 aliphatic carbocycles. The van der Waals surface area contributed by atoms with Gasteiger partial charge in [0.25, 0.3) is 5.22 Å². The number of hydrogen-bond donors (Lipinski definition) is 1. The molecule has 0 aliphatic heterocycles. The number of nitrogens with zero attached hydrogens (tertiary/aromatic N) is 2. The van der Waals surface area contributed by atoms with Crippen LogP contribution in [-0.4, -0.2) is 17.3 Å². The maximum absolute atomic E-state index is 5.99. The molecular weight excluding hydrogens is 250 g/mol. The van der Waals surface area contributed by atoms with Crippen molar-refractivity contribution in [2.45, 2.75) is 30.0 Å². The van der Waals surface area contributed by atoms with Gasteiger partial charge in [-0.25, -0.2) is 0 Å². The topological polar surface area (TPSA) is 74.2 Å². The van der Waals surface area contributed by atoms with Gasteiger partial charge in [0.05, 0.1) is 7.11 Å². The molecule has 1 atom stereocenters. The fourth-order valence-corrected chi connectivity index (χ4v) is 2.63. The van der Waals surface area contributed by atoms with E-state index in [-0.39, 0.29) is 6.04 Å². The lowest BCUT2D eigenvalue weighted by Crippen LogP contribution is -2.08. The summed E-state index contributed by atoms with van der Waals surface area (Å²) < 4.78 is 10.7. The van der Waals surface area contributed by atoms with Gasteiger partial charge in [0.1, 0.15) is 5.75 Å². The number of methoxy groups -OCH3 is 1. The summed E-state index contributed by atoms with van der Waals surface area (Å²) >= 11 is 1.39. The summed E-state index contributed by atoms with van der Waals surface area (Å²) in [6.45, 7) is 3.68.